The number of fused-ring (bicyclic) bond motifs is 2. The van der Waals surface area contributed by atoms with E-state index in [1.807, 2.05) is 30.3 Å². The van der Waals surface area contributed by atoms with Gasteiger partial charge < -0.3 is 18.9 Å². The number of methoxy groups -OCH3 is 4. The Morgan fingerprint density at radius 2 is 1.54 bits per heavy atom. The summed E-state index contributed by atoms with van der Waals surface area (Å²) in [5.41, 5.74) is 4.55. The van der Waals surface area contributed by atoms with Crippen molar-refractivity contribution < 1.29 is 31.5 Å². The maximum atomic E-state index is 12.0. The molecule has 0 saturated carbocycles. The third-order valence-electron chi connectivity index (χ3n) is 7.35. The summed E-state index contributed by atoms with van der Waals surface area (Å²) in [5.74, 6) is 2.60. The molecule has 0 amide bonds. The van der Waals surface area contributed by atoms with Gasteiger partial charge in [-0.2, -0.15) is 8.42 Å². The van der Waals surface area contributed by atoms with Crippen LogP contribution in [0.4, 0.5) is 0 Å². The Bertz CT molecular complexity index is 1430. The largest absolute Gasteiger partial charge is 0.496 e. The van der Waals surface area contributed by atoms with Crippen LogP contribution in [0.15, 0.2) is 30.3 Å². The van der Waals surface area contributed by atoms with Gasteiger partial charge in [0.05, 0.1) is 46.7 Å². The molecule has 0 aromatic heterocycles. The number of rotatable bonds is 8. The van der Waals surface area contributed by atoms with Gasteiger partial charge in [-0.05, 0) is 61.5 Å². The molecule has 1 aliphatic heterocycles. The molecular weight excluding hydrogens is 494 g/mol. The van der Waals surface area contributed by atoms with Gasteiger partial charge in [0.25, 0.3) is 10.1 Å². The minimum absolute atomic E-state index is 0.0909. The molecule has 3 aromatic rings. The summed E-state index contributed by atoms with van der Waals surface area (Å²) in [5, 5.41) is 1.63. The highest BCUT2D eigenvalue weighted by Crippen LogP contribution is 2.51. The fourth-order valence-corrected chi connectivity index (χ4v) is 5.72. The van der Waals surface area contributed by atoms with Gasteiger partial charge in [-0.3, -0.25) is 9.08 Å². The molecule has 0 saturated heterocycles. The van der Waals surface area contributed by atoms with Crippen molar-refractivity contribution in [2.24, 2.45) is 0 Å². The van der Waals surface area contributed by atoms with Crippen LogP contribution in [0.25, 0.3) is 21.9 Å². The van der Waals surface area contributed by atoms with E-state index in [0.717, 1.165) is 51.5 Å². The fraction of sp³-hybridized carbons (Fsp3) is 0.429. The first-order valence-electron chi connectivity index (χ1n) is 12.1. The Kier molecular flexibility index (Phi) is 7.60. The fourth-order valence-electron chi connectivity index (χ4n) is 5.38. The van der Waals surface area contributed by atoms with Gasteiger partial charge in [0, 0.05) is 29.3 Å². The second-order valence-electron chi connectivity index (χ2n) is 9.41. The number of ether oxygens (including phenoxy) is 4. The molecule has 4 rings (SSSR count). The molecule has 0 bridgehead atoms. The third-order valence-corrected chi connectivity index (χ3v) is 7.90. The Morgan fingerprint density at radius 3 is 2.14 bits per heavy atom. The molecule has 200 valence electrons. The number of hydrogen-bond donors (Lipinski definition) is 0. The van der Waals surface area contributed by atoms with Crippen molar-refractivity contribution in [3.05, 3.63) is 47.0 Å². The van der Waals surface area contributed by atoms with E-state index in [1.165, 1.54) is 0 Å². The molecule has 9 heteroatoms. The first-order valence-corrected chi connectivity index (χ1v) is 13.9. The van der Waals surface area contributed by atoms with Gasteiger partial charge in [-0.15, -0.1) is 0 Å². The lowest BCUT2D eigenvalue weighted by molar-refractivity contribution is 0.175. The Morgan fingerprint density at radius 1 is 0.892 bits per heavy atom. The molecule has 0 N–H and O–H groups in total. The Labute approximate surface area is 219 Å². The Hall–Kier alpha value is -3.01. The van der Waals surface area contributed by atoms with E-state index in [1.54, 1.807) is 28.4 Å². The molecule has 0 aliphatic carbocycles. The molecule has 3 aromatic carbocycles. The summed E-state index contributed by atoms with van der Waals surface area (Å²) >= 11 is 0. The lowest BCUT2D eigenvalue weighted by atomic mass is 9.81. The highest BCUT2D eigenvalue weighted by Gasteiger charge is 2.34. The van der Waals surface area contributed by atoms with Crippen LogP contribution in [-0.4, -0.2) is 61.1 Å². The Balaban J connectivity index is 2.19. The molecule has 1 heterocycles. The minimum Gasteiger partial charge on any atom is -0.496 e. The molecular formula is C28H35NO7S. The van der Waals surface area contributed by atoms with Crippen LogP contribution in [0, 0.1) is 0 Å². The van der Waals surface area contributed by atoms with Gasteiger partial charge in [0.1, 0.15) is 23.0 Å². The molecule has 0 fully saturated rings. The lowest BCUT2D eigenvalue weighted by Crippen LogP contribution is -2.38. The van der Waals surface area contributed by atoms with Gasteiger partial charge in [-0.1, -0.05) is 12.1 Å². The maximum Gasteiger partial charge on any atom is 0.264 e. The van der Waals surface area contributed by atoms with Crippen LogP contribution in [0.2, 0.25) is 0 Å². The molecule has 1 aliphatic rings. The van der Waals surface area contributed by atoms with E-state index < -0.39 is 10.1 Å². The average Bonchev–Trinajstić information content (AvgIpc) is 2.88. The smallest absolute Gasteiger partial charge is 0.264 e. The summed E-state index contributed by atoms with van der Waals surface area (Å²) in [7, 11) is 4.90. The quantitative estimate of drug-likeness (QED) is 0.379. The van der Waals surface area contributed by atoms with E-state index >= 15 is 0 Å². The number of likely N-dealkylation sites (N-methyl/N-ethyl adjacent to an activating group) is 1. The highest BCUT2D eigenvalue weighted by molar-refractivity contribution is 7.85. The normalized spacial score (nSPS) is 17.9. The number of nitrogens with zero attached hydrogens (tertiary/aromatic N) is 1. The zero-order chi connectivity index (χ0) is 27.1. The van der Waals surface area contributed by atoms with E-state index in [9.17, 15) is 8.42 Å². The topological polar surface area (TPSA) is 83.5 Å². The van der Waals surface area contributed by atoms with Crippen LogP contribution in [0.5, 0.6) is 23.0 Å². The molecule has 8 nitrogen and oxygen atoms in total. The summed E-state index contributed by atoms with van der Waals surface area (Å²) < 4.78 is 52.6. The monoisotopic (exact) mass is 529 g/mol. The van der Waals surface area contributed by atoms with Crippen LogP contribution in [0.1, 0.15) is 36.6 Å². The van der Waals surface area contributed by atoms with Gasteiger partial charge in [0.2, 0.25) is 0 Å². The standard InChI is InChI=1S/C28H35NO7S/c1-16-12-20-25(17(2)29(16)3)23(34-6)14-24(35-7)28(20)26-18(15-36-37(8,30)31)13-22(33-5)27-19(26)10-9-11-21(27)32-4/h9-11,13-14,16-17H,12,15H2,1-8H3/t16-,17+/m0/s1. The van der Waals surface area contributed by atoms with Crippen LogP contribution < -0.4 is 18.9 Å². The predicted molar refractivity (Wildman–Crippen MR) is 145 cm³/mol. The summed E-state index contributed by atoms with van der Waals surface area (Å²) in [6.45, 7) is 4.20. The summed E-state index contributed by atoms with van der Waals surface area (Å²) in [4.78, 5) is 2.32. The highest BCUT2D eigenvalue weighted by atomic mass is 32.2. The average molecular weight is 530 g/mol. The number of benzene rings is 3. The van der Waals surface area contributed by atoms with Gasteiger partial charge >= 0.3 is 0 Å². The summed E-state index contributed by atoms with van der Waals surface area (Å²) in [6, 6.07) is 9.85. The van der Waals surface area contributed by atoms with Crippen LogP contribution in [-0.2, 0) is 27.3 Å². The second kappa shape index (κ2) is 10.4. The third kappa shape index (κ3) is 4.83. The van der Waals surface area contributed by atoms with Crippen LogP contribution >= 0.6 is 0 Å². The van der Waals surface area contributed by atoms with E-state index in [-0.39, 0.29) is 18.7 Å². The minimum atomic E-state index is -3.70. The molecule has 0 spiro atoms. The zero-order valence-corrected chi connectivity index (χ0v) is 23.5. The first kappa shape index (κ1) is 27.0. The van der Waals surface area contributed by atoms with Gasteiger partial charge in [0.15, 0.2) is 0 Å². The van der Waals surface area contributed by atoms with E-state index in [0.29, 0.717) is 22.8 Å². The lowest BCUT2D eigenvalue weighted by Gasteiger charge is -2.40. The van der Waals surface area contributed by atoms with Crippen molar-refractivity contribution in [2.75, 3.05) is 41.7 Å². The van der Waals surface area contributed by atoms with E-state index in [2.05, 4.69) is 25.8 Å². The van der Waals surface area contributed by atoms with E-state index in [4.69, 9.17) is 23.1 Å². The van der Waals surface area contributed by atoms with Crippen molar-refractivity contribution in [1.82, 2.24) is 4.90 Å². The second-order valence-corrected chi connectivity index (χ2v) is 11.0. The zero-order valence-electron chi connectivity index (χ0n) is 22.7. The predicted octanol–water partition coefficient (Wildman–Crippen LogP) is 4.95. The maximum absolute atomic E-state index is 12.0. The molecule has 0 radical (unpaired) electrons. The van der Waals surface area contributed by atoms with Gasteiger partial charge in [-0.25, -0.2) is 0 Å². The van der Waals surface area contributed by atoms with Crippen molar-refractivity contribution in [1.29, 1.82) is 0 Å². The summed E-state index contributed by atoms with van der Waals surface area (Å²) in [6.07, 6.45) is 1.80. The first-order chi connectivity index (χ1) is 17.6. The SMILES string of the molecule is COc1cc(OC)c2c(c1-c1c(COS(C)(=O)=O)cc(OC)c3c(OC)cccc13)C[C@H](C)N(C)[C@@H]2C. The van der Waals surface area contributed by atoms with Crippen LogP contribution in [0.3, 0.4) is 0 Å². The number of hydrogen-bond acceptors (Lipinski definition) is 8. The van der Waals surface area contributed by atoms with Crippen molar-refractivity contribution in [3.63, 3.8) is 0 Å². The molecule has 2 atom stereocenters. The van der Waals surface area contributed by atoms with Crippen molar-refractivity contribution >= 4 is 20.9 Å². The van der Waals surface area contributed by atoms with Crippen molar-refractivity contribution in [2.45, 2.75) is 39.0 Å². The molecule has 37 heavy (non-hydrogen) atoms. The van der Waals surface area contributed by atoms with Crippen molar-refractivity contribution in [3.8, 4) is 34.1 Å². The molecule has 0 unspecified atom stereocenters.